The SMILES string of the molecule is O=S(=O)(NCCCOCC1CCCO1)c1ccc(S(=O)(=O)N2CCCC2)cc1. The van der Waals surface area contributed by atoms with Crippen molar-refractivity contribution in [3.8, 4) is 0 Å². The van der Waals surface area contributed by atoms with E-state index in [1.807, 2.05) is 0 Å². The number of ether oxygens (including phenoxy) is 2. The lowest BCUT2D eigenvalue weighted by atomic mass is 10.2. The molecular formula is C18H28N2O6S2. The van der Waals surface area contributed by atoms with Crippen molar-refractivity contribution < 1.29 is 26.3 Å². The van der Waals surface area contributed by atoms with Gasteiger partial charge in [-0.25, -0.2) is 21.6 Å². The van der Waals surface area contributed by atoms with Gasteiger partial charge in [-0.05, 0) is 56.4 Å². The molecule has 1 aromatic carbocycles. The monoisotopic (exact) mass is 432 g/mol. The molecule has 0 aromatic heterocycles. The summed E-state index contributed by atoms with van der Waals surface area (Å²) in [5.74, 6) is 0. The van der Waals surface area contributed by atoms with Gasteiger partial charge in [0.05, 0.1) is 22.5 Å². The van der Waals surface area contributed by atoms with Crippen LogP contribution in [0.3, 0.4) is 0 Å². The van der Waals surface area contributed by atoms with E-state index in [9.17, 15) is 16.8 Å². The third kappa shape index (κ3) is 5.52. The van der Waals surface area contributed by atoms with Gasteiger partial charge in [-0.1, -0.05) is 0 Å². The maximum atomic E-state index is 12.5. The van der Waals surface area contributed by atoms with E-state index in [-0.39, 0.29) is 22.4 Å². The summed E-state index contributed by atoms with van der Waals surface area (Å²) in [6, 6.07) is 5.37. The summed E-state index contributed by atoms with van der Waals surface area (Å²) in [6.07, 6.45) is 4.49. The first-order valence-corrected chi connectivity index (χ1v) is 12.6. The van der Waals surface area contributed by atoms with Crippen LogP contribution in [0.5, 0.6) is 0 Å². The van der Waals surface area contributed by atoms with Gasteiger partial charge in [-0.15, -0.1) is 0 Å². The third-order valence-electron chi connectivity index (χ3n) is 4.92. The highest BCUT2D eigenvalue weighted by Gasteiger charge is 2.27. The van der Waals surface area contributed by atoms with E-state index in [1.165, 1.54) is 28.6 Å². The van der Waals surface area contributed by atoms with Crippen LogP contribution >= 0.6 is 0 Å². The van der Waals surface area contributed by atoms with E-state index in [4.69, 9.17) is 9.47 Å². The molecule has 1 unspecified atom stereocenters. The van der Waals surface area contributed by atoms with Crippen LogP contribution in [0.2, 0.25) is 0 Å². The van der Waals surface area contributed by atoms with Crippen molar-refractivity contribution in [2.24, 2.45) is 0 Å². The van der Waals surface area contributed by atoms with Gasteiger partial charge in [0.2, 0.25) is 20.0 Å². The summed E-state index contributed by atoms with van der Waals surface area (Å²) in [5.41, 5.74) is 0. The van der Waals surface area contributed by atoms with Gasteiger partial charge in [-0.3, -0.25) is 0 Å². The van der Waals surface area contributed by atoms with Gasteiger partial charge in [0.15, 0.2) is 0 Å². The van der Waals surface area contributed by atoms with Crippen LogP contribution in [-0.2, 0) is 29.5 Å². The molecule has 10 heteroatoms. The topological polar surface area (TPSA) is 102 Å². The zero-order chi connectivity index (χ0) is 20.0. The van der Waals surface area contributed by atoms with Crippen molar-refractivity contribution in [2.45, 2.75) is 48.0 Å². The van der Waals surface area contributed by atoms with E-state index in [1.54, 1.807) is 0 Å². The van der Waals surface area contributed by atoms with Gasteiger partial charge in [0.1, 0.15) is 0 Å². The number of hydrogen-bond donors (Lipinski definition) is 1. The van der Waals surface area contributed by atoms with Gasteiger partial charge in [0.25, 0.3) is 0 Å². The summed E-state index contributed by atoms with van der Waals surface area (Å²) >= 11 is 0. The van der Waals surface area contributed by atoms with Gasteiger partial charge in [0, 0.05) is 32.8 Å². The van der Waals surface area contributed by atoms with Crippen molar-refractivity contribution in [2.75, 3.05) is 39.5 Å². The molecule has 0 spiro atoms. The van der Waals surface area contributed by atoms with Crippen molar-refractivity contribution in [1.82, 2.24) is 9.03 Å². The molecule has 8 nitrogen and oxygen atoms in total. The normalized spacial score (nSPS) is 21.4. The molecule has 158 valence electrons. The molecule has 2 aliphatic rings. The van der Waals surface area contributed by atoms with Crippen molar-refractivity contribution in [3.05, 3.63) is 24.3 Å². The van der Waals surface area contributed by atoms with Gasteiger partial charge in [-0.2, -0.15) is 4.31 Å². The Morgan fingerprint density at radius 3 is 2.36 bits per heavy atom. The van der Waals surface area contributed by atoms with Crippen LogP contribution in [0, 0.1) is 0 Å². The Kier molecular flexibility index (Phi) is 7.46. The Hall–Kier alpha value is -1.04. The van der Waals surface area contributed by atoms with Crippen molar-refractivity contribution in [3.63, 3.8) is 0 Å². The van der Waals surface area contributed by atoms with E-state index in [0.717, 1.165) is 32.3 Å². The predicted octanol–water partition coefficient (Wildman–Crippen LogP) is 1.34. The molecule has 1 N–H and O–H groups in total. The largest absolute Gasteiger partial charge is 0.379 e. The predicted molar refractivity (Wildman–Crippen MR) is 104 cm³/mol. The highest BCUT2D eigenvalue weighted by Crippen LogP contribution is 2.22. The lowest BCUT2D eigenvalue weighted by Crippen LogP contribution is -2.28. The number of rotatable bonds is 10. The Morgan fingerprint density at radius 1 is 1.04 bits per heavy atom. The molecule has 1 aromatic rings. The molecule has 0 radical (unpaired) electrons. The van der Waals surface area contributed by atoms with Crippen molar-refractivity contribution >= 4 is 20.0 Å². The molecule has 0 bridgehead atoms. The van der Waals surface area contributed by atoms with Crippen LogP contribution in [0.1, 0.15) is 32.1 Å². The Morgan fingerprint density at radius 2 is 1.71 bits per heavy atom. The average molecular weight is 433 g/mol. The maximum Gasteiger partial charge on any atom is 0.243 e. The van der Waals surface area contributed by atoms with E-state index >= 15 is 0 Å². The van der Waals surface area contributed by atoms with E-state index in [2.05, 4.69) is 4.72 Å². The number of nitrogens with one attached hydrogen (secondary N) is 1. The molecule has 0 saturated carbocycles. The minimum Gasteiger partial charge on any atom is -0.379 e. The molecule has 2 saturated heterocycles. The standard InChI is InChI=1S/C18H28N2O6S2/c21-27(22,19-10-4-13-25-15-16-5-3-14-26-16)17-6-8-18(9-7-17)28(23,24)20-11-1-2-12-20/h6-9,16,19H,1-5,10-15H2. The fourth-order valence-corrected chi connectivity index (χ4v) is 5.91. The van der Waals surface area contributed by atoms with E-state index in [0.29, 0.717) is 32.7 Å². The second kappa shape index (κ2) is 9.64. The highest BCUT2D eigenvalue weighted by molar-refractivity contribution is 7.89. The van der Waals surface area contributed by atoms with Gasteiger partial charge < -0.3 is 9.47 Å². The summed E-state index contributed by atoms with van der Waals surface area (Å²) in [4.78, 5) is 0.170. The molecule has 2 aliphatic heterocycles. The number of nitrogens with zero attached hydrogens (tertiary/aromatic N) is 1. The summed E-state index contributed by atoms with van der Waals surface area (Å²) < 4.78 is 64.6. The van der Waals surface area contributed by atoms with Crippen LogP contribution in [0.25, 0.3) is 0 Å². The van der Waals surface area contributed by atoms with Crippen LogP contribution in [0.4, 0.5) is 0 Å². The number of sulfonamides is 2. The molecular weight excluding hydrogens is 404 g/mol. The minimum atomic E-state index is -3.68. The Bertz CT molecular complexity index is 827. The lowest BCUT2D eigenvalue weighted by molar-refractivity contribution is 0.0169. The Labute approximate surface area is 167 Å². The average Bonchev–Trinajstić information content (AvgIpc) is 3.38. The van der Waals surface area contributed by atoms with Crippen LogP contribution < -0.4 is 4.72 Å². The van der Waals surface area contributed by atoms with Gasteiger partial charge >= 0.3 is 0 Å². The molecule has 28 heavy (non-hydrogen) atoms. The lowest BCUT2D eigenvalue weighted by Gasteiger charge is -2.15. The molecule has 0 amide bonds. The maximum absolute atomic E-state index is 12.5. The van der Waals surface area contributed by atoms with Crippen LogP contribution in [0.15, 0.2) is 34.1 Å². The quantitative estimate of drug-likeness (QED) is 0.560. The first kappa shape index (κ1) is 21.7. The molecule has 0 aliphatic carbocycles. The zero-order valence-corrected chi connectivity index (χ0v) is 17.5. The molecule has 3 rings (SSSR count). The summed E-state index contributed by atoms with van der Waals surface area (Å²) in [5, 5.41) is 0. The smallest absolute Gasteiger partial charge is 0.243 e. The molecule has 1 atom stereocenters. The highest BCUT2D eigenvalue weighted by atomic mass is 32.2. The Balaban J connectivity index is 1.46. The number of hydrogen-bond acceptors (Lipinski definition) is 6. The fourth-order valence-electron chi connectivity index (χ4n) is 3.32. The molecule has 2 fully saturated rings. The fraction of sp³-hybridized carbons (Fsp3) is 0.667. The van der Waals surface area contributed by atoms with Crippen molar-refractivity contribution in [1.29, 1.82) is 0 Å². The second-order valence-electron chi connectivity index (χ2n) is 7.04. The van der Waals surface area contributed by atoms with Crippen LogP contribution in [-0.4, -0.2) is 66.7 Å². The third-order valence-corrected chi connectivity index (χ3v) is 8.31. The summed E-state index contributed by atoms with van der Waals surface area (Å²) in [7, 11) is -7.23. The molecule has 2 heterocycles. The first-order valence-electron chi connectivity index (χ1n) is 9.69. The second-order valence-corrected chi connectivity index (χ2v) is 10.7. The first-order chi connectivity index (χ1) is 13.4. The minimum absolute atomic E-state index is 0.0492. The zero-order valence-electron chi connectivity index (χ0n) is 15.9. The van der Waals surface area contributed by atoms with E-state index < -0.39 is 20.0 Å². The summed E-state index contributed by atoms with van der Waals surface area (Å²) in [6.45, 7) is 3.06. The number of benzene rings is 1.